The highest BCUT2D eigenvalue weighted by Gasteiger charge is 2.22. The van der Waals surface area contributed by atoms with E-state index in [1.165, 1.54) is 23.1 Å². The minimum atomic E-state index is -0.280. The van der Waals surface area contributed by atoms with Gasteiger partial charge < -0.3 is 13.7 Å². The van der Waals surface area contributed by atoms with E-state index in [2.05, 4.69) is 10.3 Å². The maximum absolute atomic E-state index is 13.1. The van der Waals surface area contributed by atoms with Gasteiger partial charge in [-0.2, -0.15) is 0 Å². The molecule has 1 saturated heterocycles. The number of thiazole rings is 1. The maximum Gasteiger partial charge on any atom is 0.258 e. The molecule has 2 amide bonds. The minimum Gasteiger partial charge on any atom is -0.463 e. The Balaban J connectivity index is 1.35. The fourth-order valence-corrected chi connectivity index (χ4v) is 5.56. The third kappa shape index (κ3) is 4.74. The van der Waals surface area contributed by atoms with Crippen LogP contribution in [-0.2, 0) is 4.79 Å². The predicted molar refractivity (Wildman–Crippen MR) is 128 cm³/mol. The second kappa shape index (κ2) is 9.68. The number of amides is 2. The first-order chi connectivity index (χ1) is 16.2. The summed E-state index contributed by atoms with van der Waals surface area (Å²) < 4.78 is 11.1. The van der Waals surface area contributed by atoms with Crippen molar-refractivity contribution in [3.8, 4) is 22.1 Å². The number of carbonyl (C=O) groups excluding carboxylic acids is 2. The van der Waals surface area contributed by atoms with Gasteiger partial charge in [-0.05, 0) is 49.2 Å². The van der Waals surface area contributed by atoms with Crippen molar-refractivity contribution in [1.29, 1.82) is 0 Å². The van der Waals surface area contributed by atoms with Gasteiger partial charge in [-0.3, -0.25) is 14.9 Å². The molecule has 3 aromatic heterocycles. The summed E-state index contributed by atoms with van der Waals surface area (Å²) in [5.41, 5.74) is 1.11. The third-order valence-electron chi connectivity index (χ3n) is 5.29. The Morgan fingerprint density at radius 2 is 1.73 bits per heavy atom. The van der Waals surface area contributed by atoms with Crippen molar-refractivity contribution < 1.29 is 18.4 Å². The number of nitrogens with zero attached hydrogens (tertiary/aromatic N) is 2. The second-order valence-corrected chi connectivity index (χ2v) is 9.49. The second-order valence-electron chi connectivity index (χ2n) is 7.48. The van der Waals surface area contributed by atoms with Gasteiger partial charge >= 0.3 is 0 Å². The van der Waals surface area contributed by atoms with Crippen molar-refractivity contribution >= 4 is 40.0 Å². The summed E-state index contributed by atoms with van der Waals surface area (Å²) in [4.78, 5) is 33.6. The van der Waals surface area contributed by atoms with E-state index >= 15 is 0 Å². The number of thioether (sulfide) groups is 1. The van der Waals surface area contributed by atoms with Crippen LogP contribution < -0.4 is 5.32 Å². The molecule has 0 atom stereocenters. The summed E-state index contributed by atoms with van der Waals surface area (Å²) in [5.74, 6) is 1.38. The average molecular weight is 480 g/mol. The quantitative estimate of drug-likeness (QED) is 0.346. The van der Waals surface area contributed by atoms with Crippen molar-refractivity contribution in [2.24, 2.45) is 0 Å². The Kier molecular flexibility index (Phi) is 6.32. The highest BCUT2D eigenvalue weighted by molar-refractivity contribution is 8.00. The van der Waals surface area contributed by atoms with Gasteiger partial charge in [0.2, 0.25) is 5.91 Å². The van der Waals surface area contributed by atoms with Gasteiger partial charge in [-0.15, -0.1) is 11.8 Å². The van der Waals surface area contributed by atoms with E-state index in [1.807, 2.05) is 35.2 Å². The molecule has 33 heavy (non-hydrogen) atoms. The Labute approximate surface area is 198 Å². The van der Waals surface area contributed by atoms with Gasteiger partial charge in [0, 0.05) is 18.0 Å². The van der Waals surface area contributed by atoms with E-state index in [-0.39, 0.29) is 11.8 Å². The normalized spacial score (nSPS) is 13.4. The number of furan rings is 2. The summed E-state index contributed by atoms with van der Waals surface area (Å²) in [6.45, 7) is 1.64. The number of hydrogen-bond donors (Lipinski definition) is 1. The molecular weight excluding hydrogens is 458 g/mol. The van der Waals surface area contributed by atoms with Crippen molar-refractivity contribution in [1.82, 2.24) is 9.88 Å². The topological polar surface area (TPSA) is 88.6 Å². The maximum atomic E-state index is 13.1. The van der Waals surface area contributed by atoms with Crippen molar-refractivity contribution in [3.05, 3.63) is 66.6 Å². The molecule has 0 spiro atoms. The van der Waals surface area contributed by atoms with E-state index in [1.54, 1.807) is 30.7 Å². The molecule has 1 fully saturated rings. The number of nitrogens with one attached hydrogen (secondary N) is 1. The average Bonchev–Trinajstić information content (AvgIpc) is 3.64. The lowest BCUT2D eigenvalue weighted by atomic mass is 10.2. The highest BCUT2D eigenvalue weighted by Crippen LogP contribution is 2.39. The molecule has 168 valence electrons. The van der Waals surface area contributed by atoms with Crippen LogP contribution in [0, 0.1) is 0 Å². The lowest BCUT2D eigenvalue weighted by Crippen LogP contribution is -2.29. The van der Waals surface area contributed by atoms with Gasteiger partial charge in [-0.25, -0.2) is 4.98 Å². The molecule has 5 rings (SSSR count). The molecule has 4 heterocycles. The SMILES string of the molecule is O=C(Nc1nc(-c2ccco2)c(-c2ccco2)s1)c1ccccc1SCC(=O)N1CCCC1. The largest absolute Gasteiger partial charge is 0.463 e. The first-order valence-electron chi connectivity index (χ1n) is 10.6. The van der Waals surface area contributed by atoms with Crippen molar-refractivity contribution in [3.63, 3.8) is 0 Å². The van der Waals surface area contributed by atoms with Crippen LogP contribution in [0.2, 0.25) is 0 Å². The minimum absolute atomic E-state index is 0.110. The third-order valence-corrected chi connectivity index (χ3v) is 7.33. The van der Waals surface area contributed by atoms with Crippen LogP contribution in [-0.4, -0.2) is 40.5 Å². The van der Waals surface area contributed by atoms with Crippen LogP contribution in [0.25, 0.3) is 22.1 Å². The standard InChI is InChI=1S/C24H21N3O4S2/c28-20(27-11-3-4-12-27)15-32-19-10-2-1-7-16(19)23(29)26-24-25-21(17-8-5-13-30-17)22(33-24)18-9-6-14-31-18/h1-2,5-10,13-14H,3-4,11-12,15H2,(H,25,26,29). The molecule has 0 saturated carbocycles. The summed E-state index contributed by atoms with van der Waals surface area (Å²) >= 11 is 2.70. The van der Waals surface area contributed by atoms with E-state index in [0.29, 0.717) is 33.7 Å². The van der Waals surface area contributed by atoms with Crippen molar-refractivity contribution in [2.75, 3.05) is 24.2 Å². The van der Waals surface area contributed by atoms with E-state index in [9.17, 15) is 9.59 Å². The van der Waals surface area contributed by atoms with Crippen LogP contribution in [0.4, 0.5) is 5.13 Å². The number of benzene rings is 1. The molecule has 1 aromatic carbocycles. The first kappa shape index (κ1) is 21.5. The zero-order valence-corrected chi connectivity index (χ0v) is 19.3. The van der Waals surface area contributed by atoms with Crippen LogP contribution in [0.1, 0.15) is 23.2 Å². The molecule has 4 aromatic rings. The van der Waals surface area contributed by atoms with E-state index in [4.69, 9.17) is 8.83 Å². The zero-order valence-electron chi connectivity index (χ0n) is 17.7. The molecule has 0 aliphatic carbocycles. The fourth-order valence-electron chi connectivity index (χ4n) is 3.67. The number of rotatable bonds is 7. The van der Waals surface area contributed by atoms with Gasteiger partial charge in [0.1, 0.15) is 16.3 Å². The molecule has 9 heteroatoms. The lowest BCUT2D eigenvalue weighted by molar-refractivity contribution is -0.127. The van der Waals surface area contributed by atoms with Gasteiger partial charge in [0.05, 0.1) is 23.8 Å². The summed E-state index contributed by atoms with van der Waals surface area (Å²) in [7, 11) is 0. The number of anilines is 1. The van der Waals surface area contributed by atoms with Crippen LogP contribution in [0.5, 0.6) is 0 Å². The van der Waals surface area contributed by atoms with Gasteiger partial charge in [-0.1, -0.05) is 23.5 Å². The molecule has 0 radical (unpaired) electrons. The summed E-state index contributed by atoms with van der Waals surface area (Å²) in [5, 5.41) is 3.34. The zero-order chi connectivity index (χ0) is 22.6. The summed E-state index contributed by atoms with van der Waals surface area (Å²) in [6.07, 6.45) is 5.29. The van der Waals surface area contributed by atoms with Crippen LogP contribution in [0.15, 0.2) is 74.8 Å². The number of hydrogen-bond acceptors (Lipinski definition) is 7. The van der Waals surface area contributed by atoms with Crippen LogP contribution in [0.3, 0.4) is 0 Å². The molecule has 1 aliphatic heterocycles. The molecule has 1 aliphatic rings. The molecule has 0 unspecified atom stereocenters. The van der Waals surface area contributed by atoms with Crippen molar-refractivity contribution in [2.45, 2.75) is 17.7 Å². The predicted octanol–water partition coefficient (Wildman–Crippen LogP) is 5.63. The van der Waals surface area contributed by atoms with E-state index in [0.717, 1.165) is 35.7 Å². The Morgan fingerprint density at radius 1 is 1.00 bits per heavy atom. The smallest absolute Gasteiger partial charge is 0.258 e. The monoisotopic (exact) mass is 479 g/mol. The number of likely N-dealkylation sites (tertiary alicyclic amines) is 1. The Hall–Kier alpha value is -3.30. The lowest BCUT2D eigenvalue weighted by Gasteiger charge is -2.15. The highest BCUT2D eigenvalue weighted by atomic mass is 32.2. The molecular formula is C24H21N3O4S2. The van der Waals surface area contributed by atoms with E-state index < -0.39 is 0 Å². The van der Waals surface area contributed by atoms with Crippen LogP contribution >= 0.6 is 23.1 Å². The summed E-state index contributed by atoms with van der Waals surface area (Å²) in [6, 6.07) is 14.5. The first-order valence-corrected chi connectivity index (χ1v) is 12.4. The molecule has 1 N–H and O–H groups in total. The number of carbonyl (C=O) groups is 2. The molecule has 0 bridgehead atoms. The Bertz CT molecular complexity index is 1190. The van der Waals surface area contributed by atoms with Gasteiger partial charge in [0.25, 0.3) is 5.91 Å². The Morgan fingerprint density at radius 3 is 2.45 bits per heavy atom. The fraction of sp³-hybridized carbons (Fsp3) is 0.208. The number of aromatic nitrogens is 1. The molecule has 7 nitrogen and oxygen atoms in total. The van der Waals surface area contributed by atoms with Gasteiger partial charge in [0.15, 0.2) is 10.9 Å².